The van der Waals surface area contributed by atoms with Gasteiger partial charge in [-0.2, -0.15) is 0 Å². The monoisotopic (exact) mass is 259 g/mol. The molecule has 2 heterocycles. The molecule has 2 aliphatic heterocycles. The maximum atomic E-state index is 5.77. The molecule has 0 aromatic heterocycles. The highest BCUT2D eigenvalue weighted by Gasteiger charge is 2.16. The lowest BCUT2D eigenvalue weighted by molar-refractivity contribution is 0.133. The van der Waals surface area contributed by atoms with Gasteiger partial charge >= 0.3 is 0 Å². The highest BCUT2D eigenvalue weighted by atomic mass is 35.5. The molecule has 0 atom stereocenters. The second-order valence-electron chi connectivity index (χ2n) is 5.27. The zero-order chi connectivity index (χ0) is 11.9. The molecule has 2 aliphatic rings. The zero-order valence-electron chi connectivity index (χ0n) is 10.9. The molecule has 2 fully saturated rings. The quantitative estimate of drug-likeness (QED) is 0.667. The number of piperazine rings is 1. The summed E-state index contributed by atoms with van der Waals surface area (Å²) in [6.07, 6.45) is 4.17. The number of halogens is 1. The van der Waals surface area contributed by atoms with Gasteiger partial charge < -0.3 is 9.80 Å². The molecule has 0 N–H and O–H groups in total. The molecule has 0 spiro atoms. The van der Waals surface area contributed by atoms with Gasteiger partial charge in [0, 0.05) is 38.6 Å². The van der Waals surface area contributed by atoms with E-state index in [4.69, 9.17) is 11.6 Å². The Morgan fingerprint density at radius 1 is 0.647 bits per heavy atom. The van der Waals surface area contributed by atoms with Crippen LogP contribution in [0.2, 0.25) is 0 Å². The molecule has 0 bridgehead atoms. The summed E-state index contributed by atoms with van der Waals surface area (Å²) in [6, 6.07) is 0. The molecule has 0 unspecified atom stereocenters. The first-order valence-corrected chi connectivity index (χ1v) is 7.65. The summed E-state index contributed by atoms with van der Waals surface area (Å²) in [5.74, 6) is 0.773. The molecule has 0 aliphatic carbocycles. The van der Waals surface area contributed by atoms with Crippen molar-refractivity contribution in [2.24, 2.45) is 0 Å². The van der Waals surface area contributed by atoms with Gasteiger partial charge in [-0.15, -0.1) is 11.6 Å². The Labute approximate surface area is 111 Å². The van der Waals surface area contributed by atoms with E-state index < -0.39 is 0 Å². The van der Waals surface area contributed by atoms with Gasteiger partial charge in [-0.05, 0) is 45.4 Å². The molecular formula is C13H26ClN3. The van der Waals surface area contributed by atoms with Crippen molar-refractivity contribution in [1.82, 2.24) is 14.7 Å². The third-order valence-electron chi connectivity index (χ3n) is 4.01. The average molecular weight is 260 g/mol. The molecule has 17 heavy (non-hydrogen) atoms. The molecule has 0 saturated carbocycles. The topological polar surface area (TPSA) is 9.72 Å². The molecular weight excluding hydrogens is 234 g/mol. The molecule has 0 aromatic carbocycles. The van der Waals surface area contributed by atoms with Crippen molar-refractivity contribution in [2.75, 3.05) is 64.8 Å². The fourth-order valence-electron chi connectivity index (χ4n) is 2.88. The Morgan fingerprint density at radius 2 is 1.12 bits per heavy atom. The van der Waals surface area contributed by atoms with Gasteiger partial charge in [0.25, 0.3) is 0 Å². The Bertz CT molecular complexity index is 199. The predicted octanol–water partition coefficient (Wildman–Crippen LogP) is 1.33. The van der Waals surface area contributed by atoms with Crippen LogP contribution in [-0.2, 0) is 0 Å². The van der Waals surface area contributed by atoms with E-state index >= 15 is 0 Å². The van der Waals surface area contributed by atoms with Crippen molar-refractivity contribution in [2.45, 2.75) is 19.3 Å². The number of rotatable bonds is 6. The number of likely N-dealkylation sites (tertiary alicyclic amines) is 1. The summed E-state index contributed by atoms with van der Waals surface area (Å²) in [7, 11) is 0. The highest BCUT2D eigenvalue weighted by molar-refractivity contribution is 6.18. The van der Waals surface area contributed by atoms with Gasteiger partial charge in [0.2, 0.25) is 0 Å². The normalized spacial score (nSPS) is 24.5. The second kappa shape index (κ2) is 7.57. The minimum absolute atomic E-state index is 0.773. The van der Waals surface area contributed by atoms with Gasteiger partial charge in [0.1, 0.15) is 0 Å². The molecule has 100 valence electrons. The first-order valence-electron chi connectivity index (χ1n) is 7.11. The number of hydrogen-bond donors (Lipinski definition) is 0. The van der Waals surface area contributed by atoms with Crippen molar-refractivity contribution < 1.29 is 0 Å². The summed E-state index contributed by atoms with van der Waals surface area (Å²) in [4.78, 5) is 7.70. The first-order chi connectivity index (χ1) is 8.38. The molecule has 3 nitrogen and oxygen atoms in total. The van der Waals surface area contributed by atoms with E-state index in [0.717, 1.165) is 12.4 Å². The fraction of sp³-hybridized carbons (Fsp3) is 1.00. The van der Waals surface area contributed by atoms with Gasteiger partial charge in [0.15, 0.2) is 0 Å². The third kappa shape index (κ3) is 4.74. The fourth-order valence-corrected chi connectivity index (χ4v) is 3.12. The molecule has 0 radical (unpaired) electrons. The zero-order valence-corrected chi connectivity index (χ0v) is 11.7. The minimum Gasteiger partial charge on any atom is -0.303 e. The van der Waals surface area contributed by atoms with E-state index in [2.05, 4.69) is 14.7 Å². The van der Waals surface area contributed by atoms with E-state index in [1.807, 2.05) is 0 Å². The number of alkyl halides is 1. The van der Waals surface area contributed by atoms with Gasteiger partial charge in [-0.25, -0.2) is 0 Å². The number of hydrogen-bond acceptors (Lipinski definition) is 3. The van der Waals surface area contributed by atoms with E-state index in [1.54, 1.807) is 0 Å². The van der Waals surface area contributed by atoms with Gasteiger partial charge in [0.05, 0.1) is 0 Å². The van der Waals surface area contributed by atoms with Crippen molar-refractivity contribution >= 4 is 11.6 Å². The lowest BCUT2D eigenvalue weighted by Crippen LogP contribution is -2.47. The van der Waals surface area contributed by atoms with Crippen LogP contribution in [0.1, 0.15) is 19.3 Å². The summed E-state index contributed by atoms with van der Waals surface area (Å²) in [6.45, 7) is 11.2. The molecule has 2 saturated heterocycles. The SMILES string of the molecule is ClCCN1CCN(CCCN2CCCC2)CC1. The largest absolute Gasteiger partial charge is 0.303 e. The standard InChI is InChI=1S/C13H26ClN3/c14-4-9-17-12-10-16(11-13-17)8-3-7-15-5-1-2-6-15/h1-13H2. The molecule has 0 aromatic rings. The van der Waals surface area contributed by atoms with Crippen LogP contribution in [0.15, 0.2) is 0 Å². The minimum atomic E-state index is 0.773. The van der Waals surface area contributed by atoms with Gasteiger partial charge in [-0.1, -0.05) is 0 Å². The Hall–Kier alpha value is 0.170. The van der Waals surface area contributed by atoms with Crippen molar-refractivity contribution in [1.29, 1.82) is 0 Å². The van der Waals surface area contributed by atoms with Crippen LogP contribution < -0.4 is 0 Å². The Kier molecular flexibility index (Phi) is 6.06. The van der Waals surface area contributed by atoms with Crippen molar-refractivity contribution in [3.63, 3.8) is 0 Å². The van der Waals surface area contributed by atoms with Crippen LogP contribution in [0, 0.1) is 0 Å². The summed E-state index contributed by atoms with van der Waals surface area (Å²) in [5.41, 5.74) is 0. The summed E-state index contributed by atoms with van der Waals surface area (Å²) >= 11 is 5.77. The van der Waals surface area contributed by atoms with Crippen LogP contribution in [0.4, 0.5) is 0 Å². The van der Waals surface area contributed by atoms with Crippen LogP contribution in [-0.4, -0.2) is 79.5 Å². The van der Waals surface area contributed by atoms with E-state index in [1.165, 1.54) is 71.6 Å². The smallest absolute Gasteiger partial charge is 0.0351 e. The maximum absolute atomic E-state index is 5.77. The summed E-state index contributed by atoms with van der Waals surface area (Å²) in [5, 5.41) is 0. The molecule has 0 amide bonds. The van der Waals surface area contributed by atoms with E-state index in [-0.39, 0.29) is 0 Å². The maximum Gasteiger partial charge on any atom is 0.0351 e. The van der Waals surface area contributed by atoms with Crippen LogP contribution in [0.25, 0.3) is 0 Å². The average Bonchev–Trinajstić information content (AvgIpc) is 2.85. The van der Waals surface area contributed by atoms with E-state index in [0.29, 0.717) is 0 Å². The molecule has 2 rings (SSSR count). The molecule has 4 heteroatoms. The van der Waals surface area contributed by atoms with E-state index in [9.17, 15) is 0 Å². The van der Waals surface area contributed by atoms with Crippen molar-refractivity contribution in [3.8, 4) is 0 Å². The number of nitrogens with zero attached hydrogens (tertiary/aromatic N) is 3. The van der Waals surface area contributed by atoms with Crippen LogP contribution >= 0.6 is 11.6 Å². The van der Waals surface area contributed by atoms with Crippen LogP contribution in [0.3, 0.4) is 0 Å². The lowest BCUT2D eigenvalue weighted by Gasteiger charge is -2.34. The Morgan fingerprint density at radius 3 is 1.65 bits per heavy atom. The van der Waals surface area contributed by atoms with Gasteiger partial charge in [-0.3, -0.25) is 4.90 Å². The predicted molar refractivity (Wildman–Crippen MR) is 73.9 cm³/mol. The highest BCUT2D eigenvalue weighted by Crippen LogP contribution is 2.08. The summed E-state index contributed by atoms with van der Waals surface area (Å²) < 4.78 is 0. The Balaban J connectivity index is 1.52. The first kappa shape index (κ1) is 13.6. The van der Waals surface area contributed by atoms with Crippen LogP contribution in [0.5, 0.6) is 0 Å². The van der Waals surface area contributed by atoms with Crippen molar-refractivity contribution in [3.05, 3.63) is 0 Å². The lowest BCUT2D eigenvalue weighted by atomic mass is 10.3. The second-order valence-corrected chi connectivity index (χ2v) is 5.65. The third-order valence-corrected chi connectivity index (χ3v) is 4.18.